The summed E-state index contributed by atoms with van der Waals surface area (Å²) < 4.78 is 0. The molecule has 0 aliphatic carbocycles. The van der Waals surface area contributed by atoms with Crippen LogP contribution >= 0.6 is 0 Å². The van der Waals surface area contributed by atoms with Crippen LogP contribution in [-0.2, 0) is 4.84 Å². The van der Waals surface area contributed by atoms with Crippen LogP contribution in [0.1, 0.15) is 11.6 Å². The van der Waals surface area contributed by atoms with Crippen molar-refractivity contribution in [3.05, 3.63) is 66.2 Å². The van der Waals surface area contributed by atoms with Gasteiger partial charge in [0.2, 0.25) is 0 Å². The van der Waals surface area contributed by atoms with Gasteiger partial charge in [-0.15, -0.1) is 0 Å². The lowest BCUT2D eigenvalue weighted by Gasteiger charge is -2.27. The molecule has 2 aromatic carbocycles. The van der Waals surface area contributed by atoms with E-state index in [1.807, 2.05) is 53.6 Å². The molecule has 3 heteroatoms. The number of hydrogen-bond acceptors (Lipinski definition) is 3. The van der Waals surface area contributed by atoms with Gasteiger partial charge in [-0.05, 0) is 17.7 Å². The smallest absolute Gasteiger partial charge is 0.0888 e. The van der Waals surface area contributed by atoms with Gasteiger partial charge in [0.25, 0.3) is 0 Å². The summed E-state index contributed by atoms with van der Waals surface area (Å²) in [6.45, 7) is 0.674. The van der Waals surface area contributed by atoms with Crippen LogP contribution in [-0.4, -0.2) is 18.3 Å². The van der Waals surface area contributed by atoms with Crippen molar-refractivity contribution in [3.63, 3.8) is 0 Å². The summed E-state index contributed by atoms with van der Waals surface area (Å²) in [6, 6.07) is 20.3. The molecule has 2 unspecified atom stereocenters. The van der Waals surface area contributed by atoms with Crippen molar-refractivity contribution in [1.82, 2.24) is 0 Å². The predicted octanol–water partition coefficient (Wildman–Crippen LogP) is 2.79. The highest BCUT2D eigenvalue weighted by atomic mass is 16.7. The van der Waals surface area contributed by atoms with E-state index in [4.69, 9.17) is 4.84 Å². The van der Waals surface area contributed by atoms with E-state index in [2.05, 4.69) is 12.1 Å². The maximum Gasteiger partial charge on any atom is 0.0888 e. The van der Waals surface area contributed by atoms with Gasteiger partial charge in [-0.1, -0.05) is 48.5 Å². The average molecular weight is 255 g/mol. The number of anilines is 1. The molecule has 1 heterocycles. The Labute approximate surface area is 113 Å². The first-order valence-corrected chi connectivity index (χ1v) is 6.53. The second-order valence-corrected chi connectivity index (χ2v) is 4.76. The fourth-order valence-electron chi connectivity index (χ4n) is 2.56. The molecule has 0 aromatic heterocycles. The fourth-order valence-corrected chi connectivity index (χ4v) is 2.56. The first-order chi connectivity index (χ1) is 9.40. The van der Waals surface area contributed by atoms with Gasteiger partial charge in [-0.3, -0.25) is 4.84 Å². The van der Waals surface area contributed by atoms with Gasteiger partial charge >= 0.3 is 0 Å². The number of para-hydroxylation sites is 1. The summed E-state index contributed by atoms with van der Waals surface area (Å²) >= 11 is 0. The zero-order valence-electron chi connectivity index (χ0n) is 10.6. The highest BCUT2D eigenvalue weighted by Gasteiger charge is 2.36. The van der Waals surface area contributed by atoms with Crippen molar-refractivity contribution in [1.29, 1.82) is 0 Å². The van der Waals surface area contributed by atoms with Crippen LogP contribution in [0.3, 0.4) is 0 Å². The second kappa shape index (κ2) is 5.43. The van der Waals surface area contributed by atoms with E-state index in [1.165, 1.54) is 5.56 Å². The Morgan fingerprint density at radius 3 is 2.26 bits per heavy atom. The maximum absolute atomic E-state index is 9.56. The quantitative estimate of drug-likeness (QED) is 0.915. The normalized spacial score (nSPS) is 22.7. The zero-order valence-corrected chi connectivity index (χ0v) is 10.6. The third kappa shape index (κ3) is 2.35. The van der Waals surface area contributed by atoms with Crippen LogP contribution in [0.2, 0.25) is 0 Å². The van der Waals surface area contributed by atoms with Crippen LogP contribution in [0.15, 0.2) is 60.7 Å². The fraction of sp³-hybridized carbons (Fsp3) is 0.250. The second-order valence-electron chi connectivity index (χ2n) is 4.76. The highest BCUT2D eigenvalue weighted by molar-refractivity contribution is 5.47. The number of aliphatic hydroxyl groups excluding tert-OH is 1. The van der Waals surface area contributed by atoms with E-state index in [0.717, 1.165) is 5.69 Å². The van der Waals surface area contributed by atoms with Gasteiger partial charge in [-0.25, -0.2) is 5.06 Å². The summed E-state index contributed by atoms with van der Waals surface area (Å²) in [5.41, 5.74) is 2.19. The van der Waals surface area contributed by atoms with Gasteiger partial charge < -0.3 is 5.11 Å². The molecule has 0 saturated carbocycles. The SMILES string of the molecule is OCC1CON(c2ccccc2)C1c1ccccc1. The topological polar surface area (TPSA) is 32.7 Å². The van der Waals surface area contributed by atoms with E-state index in [-0.39, 0.29) is 18.6 Å². The lowest BCUT2D eigenvalue weighted by Crippen LogP contribution is -2.25. The number of hydroxylamine groups is 1. The minimum absolute atomic E-state index is 0.0635. The summed E-state index contributed by atoms with van der Waals surface area (Å²) in [4.78, 5) is 5.78. The molecule has 1 aliphatic rings. The molecule has 1 fully saturated rings. The van der Waals surface area contributed by atoms with Gasteiger partial charge in [0, 0.05) is 5.92 Å². The first-order valence-electron chi connectivity index (χ1n) is 6.53. The standard InChI is InChI=1S/C16H17NO2/c18-11-14-12-19-17(15-9-5-2-6-10-15)16(14)13-7-3-1-4-8-13/h1-10,14,16,18H,11-12H2. The van der Waals surface area contributed by atoms with Crippen molar-refractivity contribution in [2.24, 2.45) is 5.92 Å². The number of aliphatic hydroxyl groups is 1. The lowest BCUT2D eigenvalue weighted by atomic mass is 9.94. The van der Waals surface area contributed by atoms with Crippen LogP contribution in [0.5, 0.6) is 0 Å². The van der Waals surface area contributed by atoms with Gasteiger partial charge in [-0.2, -0.15) is 0 Å². The van der Waals surface area contributed by atoms with Crippen molar-refractivity contribution in [2.75, 3.05) is 18.3 Å². The van der Waals surface area contributed by atoms with Crippen molar-refractivity contribution in [2.45, 2.75) is 6.04 Å². The Bertz CT molecular complexity index is 515. The Hall–Kier alpha value is -1.84. The van der Waals surface area contributed by atoms with Crippen molar-refractivity contribution >= 4 is 5.69 Å². The summed E-state index contributed by atoms with van der Waals surface area (Å²) in [5.74, 6) is 0.0996. The third-order valence-electron chi connectivity index (χ3n) is 3.51. The minimum Gasteiger partial charge on any atom is -0.396 e. The molecule has 3 rings (SSSR count). The molecule has 1 aliphatic heterocycles. The molecule has 0 bridgehead atoms. The van der Waals surface area contributed by atoms with Crippen molar-refractivity contribution < 1.29 is 9.94 Å². The van der Waals surface area contributed by atoms with Crippen molar-refractivity contribution in [3.8, 4) is 0 Å². The molecule has 98 valence electrons. The Morgan fingerprint density at radius 1 is 1.00 bits per heavy atom. The van der Waals surface area contributed by atoms with Gasteiger partial charge in [0.1, 0.15) is 0 Å². The molecule has 0 spiro atoms. The third-order valence-corrected chi connectivity index (χ3v) is 3.51. The van der Waals surface area contributed by atoms with E-state index >= 15 is 0 Å². The molecule has 1 saturated heterocycles. The molecule has 3 nitrogen and oxygen atoms in total. The molecule has 2 aromatic rings. The maximum atomic E-state index is 9.56. The van der Waals surface area contributed by atoms with E-state index < -0.39 is 0 Å². The molecular formula is C16H17NO2. The van der Waals surface area contributed by atoms with E-state index in [1.54, 1.807) is 0 Å². The number of nitrogens with zero attached hydrogens (tertiary/aromatic N) is 1. The predicted molar refractivity (Wildman–Crippen MR) is 74.6 cm³/mol. The molecule has 0 amide bonds. The molecule has 2 atom stereocenters. The summed E-state index contributed by atoms with van der Waals surface area (Å²) in [6.07, 6.45) is 0. The number of hydrogen-bond donors (Lipinski definition) is 1. The first kappa shape index (κ1) is 12.2. The zero-order chi connectivity index (χ0) is 13.1. The largest absolute Gasteiger partial charge is 0.396 e. The monoisotopic (exact) mass is 255 g/mol. The van der Waals surface area contributed by atoms with E-state index in [9.17, 15) is 5.11 Å². The summed E-state index contributed by atoms with van der Waals surface area (Å²) in [7, 11) is 0. The average Bonchev–Trinajstić information content (AvgIpc) is 2.93. The highest BCUT2D eigenvalue weighted by Crippen LogP contribution is 2.38. The lowest BCUT2D eigenvalue weighted by molar-refractivity contribution is 0.141. The number of rotatable bonds is 3. The van der Waals surface area contributed by atoms with Crippen LogP contribution < -0.4 is 5.06 Å². The van der Waals surface area contributed by atoms with Gasteiger partial charge in [0.15, 0.2) is 0 Å². The Balaban J connectivity index is 1.96. The number of benzene rings is 2. The Kier molecular flexibility index (Phi) is 3.49. The van der Waals surface area contributed by atoms with Crippen LogP contribution in [0.4, 0.5) is 5.69 Å². The van der Waals surface area contributed by atoms with Gasteiger partial charge in [0.05, 0.1) is 24.9 Å². The Morgan fingerprint density at radius 2 is 1.63 bits per heavy atom. The molecule has 1 N–H and O–H groups in total. The molecule has 0 radical (unpaired) electrons. The van der Waals surface area contributed by atoms with Crippen LogP contribution in [0.25, 0.3) is 0 Å². The minimum atomic E-state index is 0.0635. The van der Waals surface area contributed by atoms with E-state index in [0.29, 0.717) is 6.61 Å². The van der Waals surface area contributed by atoms with Crippen LogP contribution in [0, 0.1) is 5.92 Å². The molecular weight excluding hydrogens is 238 g/mol. The summed E-state index contributed by atoms with van der Waals surface area (Å²) in [5, 5.41) is 11.5. The molecule has 19 heavy (non-hydrogen) atoms.